The zero-order chi connectivity index (χ0) is 14.8. The maximum atomic E-state index is 5.96. The number of piperazine rings is 1. The molecule has 2 N–H and O–H groups in total. The number of hydrogen-bond acceptors (Lipinski definition) is 4. The second-order valence-electron chi connectivity index (χ2n) is 5.79. The Morgan fingerprint density at radius 2 is 1.90 bits per heavy atom. The summed E-state index contributed by atoms with van der Waals surface area (Å²) in [5.74, 6) is 1.07. The lowest BCUT2D eigenvalue weighted by Crippen LogP contribution is -2.46. The maximum absolute atomic E-state index is 5.96. The molecule has 0 unspecified atom stereocenters. The van der Waals surface area contributed by atoms with E-state index >= 15 is 0 Å². The van der Waals surface area contributed by atoms with Gasteiger partial charge < -0.3 is 15.5 Å². The molecule has 4 nitrogen and oxygen atoms in total. The van der Waals surface area contributed by atoms with Gasteiger partial charge in [-0.15, -0.1) is 0 Å². The Morgan fingerprint density at radius 1 is 1.14 bits per heavy atom. The SMILES string of the molecule is CCN1CCN(c2nc3ccc(C)cc3cc2CN)CC1. The van der Waals surface area contributed by atoms with Gasteiger partial charge in [-0.1, -0.05) is 18.6 Å². The molecule has 0 spiro atoms. The van der Waals surface area contributed by atoms with Crippen LogP contribution in [0.25, 0.3) is 10.9 Å². The van der Waals surface area contributed by atoms with E-state index in [9.17, 15) is 0 Å². The zero-order valence-corrected chi connectivity index (χ0v) is 13.0. The number of nitrogens with two attached hydrogens (primary N) is 1. The van der Waals surface area contributed by atoms with Gasteiger partial charge in [0.15, 0.2) is 0 Å². The Hall–Kier alpha value is -1.65. The Balaban J connectivity index is 1.95. The van der Waals surface area contributed by atoms with Gasteiger partial charge in [-0.3, -0.25) is 0 Å². The lowest BCUT2D eigenvalue weighted by Gasteiger charge is -2.35. The van der Waals surface area contributed by atoms with Gasteiger partial charge in [0, 0.05) is 43.7 Å². The van der Waals surface area contributed by atoms with Crippen molar-refractivity contribution in [2.75, 3.05) is 37.6 Å². The van der Waals surface area contributed by atoms with E-state index in [0.29, 0.717) is 6.54 Å². The normalized spacial score (nSPS) is 16.6. The summed E-state index contributed by atoms with van der Waals surface area (Å²) in [7, 11) is 0. The molecule has 0 atom stereocenters. The number of aromatic nitrogens is 1. The van der Waals surface area contributed by atoms with Crippen molar-refractivity contribution in [1.82, 2.24) is 9.88 Å². The molecule has 0 bridgehead atoms. The Bertz CT molecular complexity index is 630. The number of anilines is 1. The number of hydrogen-bond donors (Lipinski definition) is 1. The third kappa shape index (κ3) is 2.87. The summed E-state index contributed by atoms with van der Waals surface area (Å²) >= 11 is 0. The van der Waals surface area contributed by atoms with E-state index in [-0.39, 0.29) is 0 Å². The largest absolute Gasteiger partial charge is 0.354 e. The smallest absolute Gasteiger partial charge is 0.133 e. The third-order valence-corrected chi connectivity index (χ3v) is 4.37. The van der Waals surface area contributed by atoms with E-state index < -0.39 is 0 Å². The van der Waals surface area contributed by atoms with Crippen molar-refractivity contribution >= 4 is 16.7 Å². The highest BCUT2D eigenvalue weighted by atomic mass is 15.3. The van der Waals surface area contributed by atoms with Crippen molar-refractivity contribution in [3.63, 3.8) is 0 Å². The Labute approximate surface area is 126 Å². The number of aryl methyl sites for hydroxylation is 1. The summed E-state index contributed by atoms with van der Waals surface area (Å²) in [4.78, 5) is 9.75. The molecule has 112 valence electrons. The quantitative estimate of drug-likeness (QED) is 0.938. The molecule has 1 saturated heterocycles. The minimum atomic E-state index is 0.542. The van der Waals surface area contributed by atoms with Crippen molar-refractivity contribution in [3.05, 3.63) is 35.4 Å². The van der Waals surface area contributed by atoms with E-state index in [1.165, 1.54) is 10.9 Å². The minimum absolute atomic E-state index is 0.542. The first kappa shape index (κ1) is 14.3. The first-order chi connectivity index (χ1) is 10.2. The summed E-state index contributed by atoms with van der Waals surface area (Å²) in [5, 5.41) is 1.19. The first-order valence-corrected chi connectivity index (χ1v) is 7.79. The van der Waals surface area contributed by atoms with Crippen LogP contribution in [0, 0.1) is 6.92 Å². The van der Waals surface area contributed by atoms with Crippen LogP contribution >= 0.6 is 0 Å². The van der Waals surface area contributed by atoms with Crippen LogP contribution in [0.3, 0.4) is 0 Å². The van der Waals surface area contributed by atoms with Crippen molar-refractivity contribution in [1.29, 1.82) is 0 Å². The fraction of sp³-hybridized carbons (Fsp3) is 0.471. The van der Waals surface area contributed by atoms with Gasteiger partial charge in [-0.05, 0) is 31.7 Å². The number of fused-ring (bicyclic) bond motifs is 1. The topological polar surface area (TPSA) is 45.4 Å². The van der Waals surface area contributed by atoms with Gasteiger partial charge >= 0.3 is 0 Å². The molecule has 1 aromatic carbocycles. The number of benzene rings is 1. The molecule has 2 aromatic rings. The van der Waals surface area contributed by atoms with Crippen LogP contribution in [0.4, 0.5) is 5.82 Å². The first-order valence-electron chi connectivity index (χ1n) is 7.79. The molecule has 0 radical (unpaired) electrons. The second kappa shape index (κ2) is 6.00. The molecule has 1 aliphatic heterocycles. The van der Waals surface area contributed by atoms with Crippen LogP contribution in [0.2, 0.25) is 0 Å². The highest BCUT2D eigenvalue weighted by molar-refractivity contribution is 5.82. The molecule has 1 fully saturated rings. The number of pyridine rings is 1. The van der Waals surface area contributed by atoms with E-state index in [1.807, 2.05) is 0 Å². The van der Waals surface area contributed by atoms with Gasteiger partial charge in [0.2, 0.25) is 0 Å². The zero-order valence-electron chi connectivity index (χ0n) is 13.0. The Morgan fingerprint density at radius 3 is 2.57 bits per heavy atom. The van der Waals surface area contributed by atoms with Crippen molar-refractivity contribution in [2.24, 2.45) is 5.73 Å². The van der Waals surface area contributed by atoms with E-state index in [1.54, 1.807) is 0 Å². The Kier molecular flexibility index (Phi) is 4.08. The molecule has 4 heteroatoms. The predicted octanol–water partition coefficient (Wildman–Crippen LogP) is 2.14. The predicted molar refractivity (Wildman–Crippen MR) is 88.7 cm³/mol. The van der Waals surface area contributed by atoms with Crippen LogP contribution in [-0.4, -0.2) is 42.6 Å². The fourth-order valence-corrected chi connectivity index (χ4v) is 3.03. The van der Waals surface area contributed by atoms with Crippen LogP contribution in [0.1, 0.15) is 18.1 Å². The highest BCUT2D eigenvalue weighted by Gasteiger charge is 2.19. The van der Waals surface area contributed by atoms with Crippen LogP contribution < -0.4 is 10.6 Å². The molecule has 21 heavy (non-hydrogen) atoms. The molecule has 0 amide bonds. The number of nitrogens with zero attached hydrogens (tertiary/aromatic N) is 3. The van der Waals surface area contributed by atoms with Gasteiger partial charge in [0.05, 0.1) is 5.52 Å². The summed E-state index contributed by atoms with van der Waals surface area (Å²) < 4.78 is 0. The average Bonchev–Trinajstić information content (AvgIpc) is 2.53. The van der Waals surface area contributed by atoms with E-state index in [4.69, 9.17) is 10.7 Å². The molecular weight excluding hydrogens is 260 g/mol. The lowest BCUT2D eigenvalue weighted by molar-refractivity contribution is 0.270. The molecule has 1 aliphatic rings. The second-order valence-corrected chi connectivity index (χ2v) is 5.79. The summed E-state index contributed by atoms with van der Waals surface area (Å²) in [5.41, 5.74) is 9.44. The van der Waals surface area contributed by atoms with E-state index in [2.05, 4.69) is 47.9 Å². The molecule has 2 heterocycles. The van der Waals surface area contributed by atoms with Gasteiger partial charge in [-0.25, -0.2) is 4.98 Å². The average molecular weight is 284 g/mol. The van der Waals surface area contributed by atoms with Crippen molar-refractivity contribution < 1.29 is 0 Å². The van der Waals surface area contributed by atoms with Crippen LogP contribution in [0.5, 0.6) is 0 Å². The highest BCUT2D eigenvalue weighted by Crippen LogP contribution is 2.25. The molecule has 1 aromatic heterocycles. The van der Waals surface area contributed by atoms with Crippen LogP contribution in [0.15, 0.2) is 24.3 Å². The fourth-order valence-electron chi connectivity index (χ4n) is 3.03. The van der Waals surface area contributed by atoms with Gasteiger partial charge in [-0.2, -0.15) is 0 Å². The molecular formula is C17H24N4. The van der Waals surface area contributed by atoms with Gasteiger partial charge in [0.1, 0.15) is 5.82 Å². The third-order valence-electron chi connectivity index (χ3n) is 4.37. The summed E-state index contributed by atoms with van der Waals surface area (Å²) in [6.07, 6.45) is 0. The molecule has 0 aliphatic carbocycles. The van der Waals surface area contributed by atoms with Crippen molar-refractivity contribution in [2.45, 2.75) is 20.4 Å². The standard InChI is InChI=1S/C17H24N4/c1-3-20-6-8-21(9-7-20)17-15(12-18)11-14-10-13(2)4-5-16(14)19-17/h4-5,10-11H,3,6-9,12,18H2,1-2H3. The summed E-state index contributed by atoms with van der Waals surface area (Å²) in [6.45, 7) is 10.3. The molecule has 0 saturated carbocycles. The maximum Gasteiger partial charge on any atom is 0.133 e. The van der Waals surface area contributed by atoms with Crippen molar-refractivity contribution in [3.8, 4) is 0 Å². The molecule has 3 rings (SSSR count). The number of rotatable bonds is 3. The lowest BCUT2D eigenvalue weighted by atomic mass is 10.1. The van der Waals surface area contributed by atoms with Gasteiger partial charge in [0.25, 0.3) is 0 Å². The minimum Gasteiger partial charge on any atom is -0.354 e. The number of likely N-dealkylation sites (N-methyl/N-ethyl adjacent to an activating group) is 1. The van der Waals surface area contributed by atoms with E-state index in [0.717, 1.165) is 49.6 Å². The van der Waals surface area contributed by atoms with Crippen LogP contribution in [-0.2, 0) is 6.54 Å². The summed E-state index contributed by atoms with van der Waals surface area (Å²) in [6, 6.07) is 8.62. The monoisotopic (exact) mass is 284 g/mol.